The fourth-order valence-electron chi connectivity index (χ4n) is 3.24. The van der Waals surface area contributed by atoms with Gasteiger partial charge in [-0.15, -0.1) is 0 Å². The number of hydrogen-bond donors (Lipinski definition) is 1. The van der Waals surface area contributed by atoms with Gasteiger partial charge in [-0.1, -0.05) is 18.2 Å². The Hall–Kier alpha value is -2.86. The minimum Gasteiger partial charge on any atom is -0.491 e. The molecule has 0 spiro atoms. The number of anilines is 1. The molecule has 1 atom stereocenters. The molecule has 6 heteroatoms. The van der Waals surface area contributed by atoms with Gasteiger partial charge in [0.2, 0.25) is 0 Å². The molecule has 4 rings (SSSR count). The lowest BCUT2D eigenvalue weighted by Crippen LogP contribution is -2.16. The Bertz CT molecular complexity index is 975. The molecule has 27 heavy (non-hydrogen) atoms. The SMILES string of the molecule is Cc1c(C(=O)Nc2cccc(OCC3CCCO3)c2)oc2c(F)cccc12. The monoisotopic (exact) mass is 369 g/mol. The summed E-state index contributed by atoms with van der Waals surface area (Å²) >= 11 is 0. The first-order valence-electron chi connectivity index (χ1n) is 8.95. The van der Waals surface area contributed by atoms with Crippen LogP contribution < -0.4 is 10.1 Å². The van der Waals surface area contributed by atoms with Crippen molar-refractivity contribution in [2.24, 2.45) is 0 Å². The topological polar surface area (TPSA) is 60.7 Å². The second-order valence-electron chi connectivity index (χ2n) is 6.60. The summed E-state index contributed by atoms with van der Waals surface area (Å²) in [6, 6.07) is 11.8. The Morgan fingerprint density at radius 3 is 2.93 bits per heavy atom. The maximum atomic E-state index is 13.9. The maximum Gasteiger partial charge on any atom is 0.291 e. The van der Waals surface area contributed by atoms with Crippen LogP contribution in [0.4, 0.5) is 10.1 Å². The zero-order chi connectivity index (χ0) is 18.8. The van der Waals surface area contributed by atoms with Crippen molar-refractivity contribution in [2.45, 2.75) is 25.9 Å². The highest BCUT2D eigenvalue weighted by atomic mass is 19.1. The van der Waals surface area contributed by atoms with Gasteiger partial charge in [-0.05, 0) is 38.0 Å². The van der Waals surface area contributed by atoms with E-state index < -0.39 is 11.7 Å². The number of hydrogen-bond acceptors (Lipinski definition) is 4. The van der Waals surface area contributed by atoms with Gasteiger partial charge in [0.1, 0.15) is 12.4 Å². The van der Waals surface area contributed by atoms with Gasteiger partial charge in [-0.2, -0.15) is 0 Å². The van der Waals surface area contributed by atoms with Crippen molar-refractivity contribution in [2.75, 3.05) is 18.5 Å². The third-order valence-electron chi connectivity index (χ3n) is 4.67. The zero-order valence-electron chi connectivity index (χ0n) is 15.0. The lowest BCUT2D eigenvalue weighted by Gasteiger charge is -2.12. The third-order valence-corrected chi connectivity index (χ3v) is 4.67. The molecule has 0 bridgehead atoms. The van der Waals surface area contributed by atoms with Crippen LogP contribution in [-0.2, 0) is 4.74 Å². The van der Waals surface area contributed by atoms with Crippen LogP contribution in [0.15, 0.2) is 46.9 Å². The van der Waals surface area contributed by atoms with Crippen molar-refractivity contribution in [1.29, 1.82) is 0 Å². The summed E-state index contributed by atoms with van der Waals surface area (Å²) in [5.74, 6) is -0.171. The first kappa shape index (κ1) is 17.5. The number of fused-ring (bicyclic) bond motifs is 1. The quantitative estimate of drug-likeness (QED) is 0.709. The number of amides is 1. The molecular formula is C21H20FNO4. The summed E-state index contributed by atoms with van der Waals surface area (Å²) in [5, 5.41) is 3.37. The summed E-state index contributed by atoms with van der Waals surface area (Å²) in [7, 11) is 0. The fourth-order valence-corrected chi connectivity index (χ4v) is 3.24. The Kier molecular flexibility index (Phi) is 4.81. The lowest BCUT2D eigenvalue weighted by molar-refractivity contribution is 0.0679. The van der Waals surface area contributed by atoms with Crippen LogP contribution in [0.25, 0.3) is 11.0 Å². The molecule has 2 heterocycles. The largest absolute Gasteiger partial charge is 0.491 e. The van der Waals surface area contributed by atoms with Gasteiger partial charge in [0.05, 0.1) is 6.10 Å². The van der Waals surface area contributed by atoms with Gasteiger partial charge in [0, 0.05) is 29.3 Å². The van der Waals surface area contributed by atoms with Crippen molar-refractivity contribution in [3.05, 3.63) is 59.6 Å². The summed E-state index contributed by atoms with van der Waals surface area (Å²) in [5.41, 5.74) is 1.27. The average Bonchev–Trinajstić information content (AvgIpc) is 3.29. The summed E-state index contributed by atoms with van der Waals surface area (Å²) in [4.78, 5) is 12.6. The summed E-state index contributed by atoms with van der Waals surface area (Å²) in [6.07, 6.45) is 2.18. The van der Waals surface area contributed by atoms with Crippen LogP contribution >= 0.6 is 0 Å². The number of para-hydroxylation sites is 1. The van der Waals surface area contributed by atoms with E-state index in [0.29, 0.717) is 29.0 Å². The average molecular weight is 369 g/mol. The second kappa shape index (κ2) is 7.40. The van der Waals surface area contributed by atoms with Crippen LogP contribution in [0.3, 0.4) is 0 Å². The van der Waals surface area contributed by atoms with Gasteiger partial charge in [0.15, 0.2) is 17.2 Å². The van der Waals surface area contributed by atoms with Crippen LogP contribution in [0.5, 0.6) is 5.75 Å². The summed E-state index contributed by atoms with van der Waals surface area (Å²) < 4.78 is 30.7. The van der Waals surface area contributed by atoms with E-state index in [0.717, 1.165) is 19.4 Å². The molecule has 1 amide bonds. The van der Waals surface area contributed by atoms with E-state index in [1.54, 1.807) is 37.3 Å². The highest BCUT2D eigenvalue weighted by molar-refractivity contribution is 6.06. The minimum atomic E-state index is -0.487. The van der Waals surface area contributed by atoms with Crippen LogP contribution in [-0.4, -0.2) is 25.2 Å². The predicted octanol–water partition coefficient (Wildman–Crippen LogP) is 4.69. The zero-order valence-corrected chi connectivity index (χ0v) is 15.0. The van der Waals surface area contributed by atoms with Crippen molar-refractivity contribution < 1.29 is 23.1 Å². The number of carbonyl (C=O) groups is 1. The molecular weight excluding hydrogens is 349 g/mol. The standard InChI is InChI=1S/C21H20FNO4/c1-13-17-8-3-9-18(22)20(17)27-19(13)21(24)23-14-5-2-6-15(11-14)26-12-16-7-4-10-25-16/h2-3,5-6,8-9,11,16H,4,7,10,12H2,1H3,(H,23,24). The maximum absolute atomic E-state index is 13.9. The molecule has 1 fully saturated rings. The Morgan fingerprint density at radius 1 is 1.30 bits per heavy atom. The molecule has 1 N–H and O–H groups in total. The number of rotatable bonds is 5. The van der Waals surface area contributed by atoms with Gasteiger partial charge in [-0.25, -0.2) is 4.39 Å². The molecule has 1 aliphatic rings. The Morgan fingerprint density at radius 2 is 2.15 bits per heavy atom. The van der Waals surface area contributed by atoms with Gasteiger partial charge < -0.3 is 19.2 Å². The molecule has 1 saturated heterocycles. The number of nitrogens with one attached hydrogen (secondary N) is 1. The normalized spacial score (nSPS) is 16.6. The van der Waals surface area contributed by atoms with Crippen LogP contribution in [0, 0.1) is 12.7 Å². The van der Waals surface area contributed by atoms with E-state index in [4.69, 9.17) is 13.9 Å². The Labute approximate surface area is 156 Å². The highest BCUT2D eigenvalue weighted by Crippen LogP contribution is 2.28. The van der Waals surface area contributed by atoms with Crippen LogP contribution in [0.1, 0.15) is 29.0 Å². The van der Waals surface area contributed by atoms with E-state index in [1.165, 1.54) is 6.07 Å². The molecule has 0 radical (unpaired) electrons. The minimum absolute atomic E-state index is 0.0915. The lowest BCUT2D eigenvalue weighted by atomic mass is 10.1. The van der Waals surface area contributed by atoms with Gasteiger partial charge in [0.25, 0.3) is 5.91 Å². The van der Waals surface area contributed by atoms with E-state index in [9.17, 15) is 9.18 Å². The molecule has 0 aliphatic carbocycles. The first-order valence-corrected chi connectivity index (χ1v) is 8.95. The Balaban J connectivity index is 1.49. The van der Waals surface area contributed by atoms with Crippen LogP contribution in [0.2, 0.25) is 0 Å². The molecule has 1 unspecified atom stereocenters. The first-order chi connectivity index (χ1) is 13.1. The number of furan rings is 1. The van der Waals surface area contributed by atoms with E-state index in [2.05, 4.69) is 5.32 Å². The number of ether oxygens (including phenoxy) is 2. The number of aryl methyl sites for hydroxylation is 1. The smallest absolute Gasteiger partial charge is 0.291 e. The van der Waals surface area contributed by atoms with E-state index in [1.807, 2.05) is 6.07 Å². The van der Waals surface area contributed by atoms with Crippen molar-refractivity contribution in [3.8, 4) is 5.75 Å². The number of halogens is 1. The van der Waals surface area contributed by atoms with Crippen molar-refractivity contribution >= 4 is 22.6 Å². The predicted molar refractivity (Wildman–Crippen MR) is 99.8 cm³/mol. The van der Waals surface area contributed by atoms with Crippen molar-refractivity contribution in [3.63, 3.8) is 0 Å². The molecule has 3 aromatic rings. The van der Waals surface area contributed by atoms with Gasteiger partial charge >= 0.3 is 0 Å². The fraction of sp³-hybridized carbons (Fsp3) is 0.286. The third kappa shape index (κ3) is 3.66. The van der Waals surface area contributed by atoms with E-state index >= 15 is 0 Å². The van der Waals surface area contributed by atoms with E-state index in [-0.39, 0.29) is 17.4 Å². The highest BCUT2D eigenvalue weighted by Gasteiger charge is 2.20. The number of carbonyl (C=O) groups excluding carboxylic acids is 1. The van der Waals surface area contributed by atoms with Gasteiger partial charge in [-0.3, -0.25) is 4.79 Å². The number of benzene rings is 2. The molecule has 140 valence electrons. The van der Waals surface area contributed by atoms with Crippen molar-refractivity contribution in [1.82, 2.24) is 0 Å². The molecule has 0 saturated carbocycles. The second-order valence-corrected chi connectivity index (χ2v) is 6.60. The summed E-state index contributed by atoms with van der Waals surface area (Å²) in [6.45, 7) is 3.00. The molecule has 2 aromatic carbocycles. The molecule has 1 aromatic heterocycles. The molecule has 1 aliphatic heterocycles. The molecule has 5 nitrogen and oxygen atoms in total.